The molecule has 0 rings (SSSR count). The van der Waals surface area contributed by atoms with Crippen LogP contribution in [0.4, 0.5) is 0 Å². The predicted molar refractivity (Wildman–Crippen MR) is 348 cm³/mol. The quantitative estimate of drug-likeness (QED) is 0.0261. The zero-order valence-electron chi connectivity index (χ0n) is 52.6. The smallest absolute Gasteiger partial charge is 0.306 e. The second kappa shape index (κ2) is 67.6. The minimum Gasteiger partial charge on any atom is -0.462 e. The van der Waals surface area contributed by atoms with Gasteiger partial charge in [0.05, 0.1) is 0 Å². The molecule has 0 bridgehead atoms. The van der Waals surface area contributed by atoms with E-state index in [1.165, 1.54) is 161 Å². The predicted octanol–water partition coefficient (Wildman–Crippen LogP) is 23.4. The van der Waals surface area contributed by atoms with Gasteiger partial charge >= 0.3 is 17.9 Å². The normalized spacial score (nSPS) is 12.8. The number of hydrogen-bond donors (Lipinski definition) is 0. The SMILES string of the molecule is CC/C=C\C/C=C\C/C=C\C/C=C\C/C=C\C/C=C\CCCCCCCCCCCCCCCCC(=O)OCC(COC(=O)CCCCCCCCCCCCCC)OC(=O)CCCCCCCCC/C=C\C/C=C\C/C=C\CC. The molecule has 0 saturated carbocycles. The Hall–Kier alpha value is -3.93. The van der Waals surface area contributed by atoms with Crippen LogP contribution in [0.15, 0.2) is 109 Å². The van der Waals surface area contributed by atoms with Gasteiger partial charge in [-0.25, -0.2) is 0 Å². The lowest BCUT2D eigenvalue weighted by molar-refractivity contribution is -0.167. The third kappa shape index (κ3) is 64.9. The van der Waals surface area contributed by atoms with Crippen molar-refractivity contribution < 1.29 is 28.6 Å². The Bertz CT molecular complexity index is 1610. The van der Waals surface area contributed by atoms with E-state index < -0.39 is 6.10 Å². The Morgan fingerprint density at radius 2 is 0.487 bits per heavy atom. The van der Waals surface area contributed by atoms with Gasteiger partial charge < -0.3 is 14.2 Å². The molecule has 0 spiro atoms. The maximum atomic E-state index is 12.9. The van der Waals surface area contributed by atoms with Crippen LogP contribution in [0, 0.1) is 0 Å². The van der Waals surface area contributed by atoms with Crippen molar-refractivity contribution in [2.24, 2.45) is 0 Å². The minimum absolute atomic E-state index is 0.0784. The molecule has 0 N–H and O–H groups in total. The Kier molecular flexibility index (Phi) is 64.3. The third-order valence-corrected chi connectivity index (χ3v) is 14.5. The van der Waals surface area contributed by atoms with Crippen LogP contribution in [0.3, 0.4) is 0 Å². The fraction of sp³-hybridized carbons (Fsp3) is 0.716. The van der Waals surface area contributed by atoms with Crippen LogP contribution in [0.25, 0.3) is 0 Å². The summed E-state index contributed by atoms with van der Waals surface area (Å²) in [6.45, 7) is 6.43. The van der Waals surface area contributed by atoms with Gasteiger partial charge in [-0.15, -0.1) is 0 Å². The van der Waals surface area contributed by atoms with Crippen molar-refractivity contribution in [2.45, 2.75) is 329 Å². The number of esters is 3. The maximum absolute atomic E-state index is 12.9. The van der Waals surface area contributed by atoms with Crippen LogP contribution < -0.4 is 0 Å². The Morgan fingerprint density at radius 1 is 0.263 bits per heavy atom. The van der Waals surface area contributed by atoms with Gasteiger partial charge in [0.1, 0.15) is 13.2 Å². The highest BCUT2D eigenvalue weighted by Gasteiger charge is 2.19. The van der Waals surface area contributed by atoms with E-state index in [9.17, 15) is 14.4 Å². The second-order valence-corrected chi connectivity index (χ2v) is 22.3. The zero-order chi connectivity index (χ0) is 57.8. The van der Waals surface area contributed by atoms with Gasteiger partial charge in [0.2, 0.25) is 0 Å². The van der Waals surface area contributed by atoms with Crippen LogP contribution in [0.2, 0.25) is 0 Å². The van der Waals surface area contributed by atoms with E-state index in [4.69, 9.17) is 14.2 Å². The molecule has 0 aliphatic carbocycles. The number of hydrogen-bond acceptors (Lipinski definition) is 6. The van der Waals surface area contributed by atoms with E-state index in [-0.39, 0.29) is 31.1 Å². The summed E-state index contributed by atoms with van der Waals surface area (Å²) >= 11 is 0. The van der Waals surface area contributed by atoms with E-state index in [1.54, 1.807) is 0 Å². The molecule has 1 unspecified atom stereocenters. The summed E-state index contributed by atoms with van der Waals surface area (Å²) < 4.78 is 16.9. The van der Waals surface area contributed by atoms with Crippen molar-refractivity contribution >= 4 is 17.9 Å². The van der Waals surface area contributed by atoms with Crippen LogP contribution in [-0.4, -0.2) is 37.2 Å². The first-order valence-electron chi connectivity index (χ1n) is 33.9. The number of rotatable bonds is 61. The first kappa shape index (κ1) is 76.1. The zero-order valence-corrected chi connectivity index (χ0v) is 52.6. The molecule has 6 heteroatoms. The van der Waals surface area contributed by atoms with E-state index in [2.05, 4.69) is 130 Å². The average molecular weight is 1110 g/mol. The molecule has 0 aliphatic heterocycles. The molecule has 0 radical (unpaired) electrons. The number of unbranched alkanes of at least 4 members (excludes halogenated alkanes) is 32. The van der Waals surface area contributed by atoms with Gasteiger partial charge in [0, 0.05) is 19.3 Å². The van der Waals surface area contributed by atoms with Gasteiger partial charge in [-0.1, -0.05) is 310 Å². The monoisotopic (exact) mass is 1110 g/mol. The first-order chi connectivity index (χ1) is 39.5. The van der Waals surface area contributed by atoms with Crippen molar-refractivity contribution in [1.29, 1.82) is 0 Å². The van der Waals surface area contributed by atoms with Crippen molar-refractivity contribution in [3.05, 3.63) is 109 Å². The number of ether oxygens (including phenoxy) is 3. The standard InChI is InChI=1S/C74H126O6/c1-4-7-10-13-16-19-22-25-27-29-30-31-32-33-34-35-36-37-38-39-40-41-42-43-44-46-47-49-52-55-58-61-64-67-73(76)79-70-71(69-78-72(75)66-63-60-57-54-51-24-21-18-15-12-9-6-3)80-74(77)68-65-62-59-56-53-50-48-45-28-26-23-20-17-14-11-8-5-2/h7-8,10-11,16-17,19-20,25-28,30-31,33-34,36-37,71H,4-6,9,12-15,18,21-24,29,32,35,38-70H2,1-3H3/b10-7-,11-8-,19-16-,20-17-,27-25-,28-26-,31-30-,34-33-,37-36-. The highest BCUT2D eigenvalue weighted by Crippen LogP contribution is 2.17. The van der Waals surface area contributed by atoms with E-state index >= 15 is 0 Å². The molecule has 1 atom stereocenters. The van der Waals surface area contributed by atoms with Gasteiger partial charge in [0.25, 0.3) is 0 Å². The molecule has 0 amide bonds. The molecule has 80 heavy (non-hydrogen) atoms. The van der Waals surface area contributed by atoms with Crippen molar-refractivity contribution in [2.75, 3.05) is 13.2 Å². The highest BCUT2D eigenvalue weighted by molar-refractivity contribution is 5.71. The summed E-state index contributed by atoms with van der Waals surface area (Å²) in [6, 6.07) is 0. The Balaban J connectivity index is 4.19. The first-order valence-corrected chi connectivity index (χ1v) is 33.9. The Labute approximate surface area is 495 Å². The lowest BCUT2D eigenvalue weighted by Gasteiger charge is -2.18. The minimum atomic E-state index is -0.782. The lowest BCUT2D eigenvalue weighted by atomic mass is 10.0. The number of allylic oxidation sites excluding steroid dienone is 18. The van der Waals surface area contributed by atoms with Gasteiger partial charge in [-0.2, -0.15) is 0 Å². The summed E-state index contributed by atoms with van der Waals surface area (Å²) in [5, 5.41) is 0. The molecule has 0 heterocycles. The van der Waals surface area contributed by atoms with Crippen LogP contribution >= 0.6 is 0 Å². The fourth-order valence-corrected chi connectivity index (χ4v) is 9.52. The second-order valence-electron chi connectivity index (χ2n) is 22.3. The Morgan fingerprint density at radius 3 is 0.762 bits per heavy atom. The van der Waals surface area contributed by atoms with E-state index in [0.717, 1.165) is 122 Å². The number of carbonyl (C=O) groups is 3. The molecule has 0 aromatic heterocycles. The summed E-state index contributed by atoms with van der Waals surface area (Å²) in [5.74, 6) is -0.877. The van der Waals surface area contributed by atoms with Gasteiger partial charge in [-0.05, 0) is 103 Å². The summed E-state index contributed by atoms with van der Waals surface area (Å²) in [4.78, 5) is 38.3. The molecule has 0 aromatic carbocycles. The molecule has 458 valence electrons. The largest absolute Gasteiger partial charge is 0.462 e. The molecule has 6 nitrogen and oxygen atoms in total. The summed E-state index contributed by atoms with van der Waals surface area (Å²) in [6.07, 6.45) is 92.5. The topological polar surface area (TPSA) is 78.9 Å². The maximum Gasteiger partial charge on any atom is 0.306 e. The molecule has 0 fully saturated rings. The van der Waals surface area contributed by atoms with Crippen molar-refractivity contribution in [3.8, 4) is 0 Å². The van der Waals surface area contributed by atoms with Crippen LogP contribution in [-0.2, 0) is 28.6 Å². The van der Waals surface area contributed by atoms with Crippen LogP contribution in [0.1, 0.15) is 323 Å². The fourth-order valence-electron chi connectivity index (χ4n) is 9.52. The van der Waals surface area contributed by atoms with Crippen LogP contribution in [0.5, 0.6) is 0 Å². The summed E-state index contributed by atoms with van der Waals surface area (Å²) in [7, 11) is 0. The molecule has 0 aromatic rings. The van der Waals surface area contributed by atoms with Crippen molar-refractivity contribution in [3.63, 3.8) is 0 Å². The molecule has 0 aliphatic rings. The van der Waals surface area contributed by atoms with Gasteiger partial charge in [-0.3, -0.25) is 14.4 Å². The van der Waals surface area contributed by atoms with Gasteiger partial charge in [0.15, 0.2) is 6.10 Å². The molecule has 0 saturated heterocycles. The molecular formula is C74H126O6. The number of carbonyl (C=O) groups excluding carboxylic acids is 3. The van der Waals surface area contributed by atoms with Crippen molar-refractivity contribution in [1.82, 2.24) is 0 Å². The average Bonchev–Trinajstić information content (AvgIpc) is 3.46. The van der Waals surface area contributed by atoms with E-state index in [1.807, 2.05) is 0 Å². The molecular weight excluding hydrogens is 985 g/mol. The lowest BCUT2D eigenvalue weighted by Crippen LogP contribution is -2.30. The third-order valence-electron chi connectivity index (χ3n) is 14.5. The van der Waals surface area contributed by atoms with E-state index in [0.29, 0.717) is 19.3 Å². The highest BCUT2D eigenvalue weighted by atomic mass is 16.6. The summed E-state index contributed by atoms with van der Waals surface area (Å²) in [5.41, 5.74) is 0.